The number of rotatable bonds is 3. The zero-order chi connectivity index (χ0) is 17.7. The minimum atomic E-state index is 0.422. The lowest BCUT2D eigenvalue weighted by Gasteiger charge is -2.39. The fourth-order valence-electron chi connectivity index (χ4n) is 3.53. The molecule has 1 fully saturated rings. The van der Waals surface area contributed by atoms with Gasteiger partial charge < -0.3 is 9.47 Å². The third kappa shape index (κ3) is 2.47. The van der Waals surface area contributed by atoms with Crippen molar-refractivity contribution >= 4 is 28.2 Å². The number of para-hydroxylation sites is 2. The molecule has 5 rings (SSSR count). The molecule has 130 valence electrons. The summed E-state index contributed by atoms with van der Waals surface area (Å²) in [6.45, 7) is 3.78. The summed E-state index contributed by atoms with van der Waals surface area (Å²) < 4.78 is 2.21. The molecule has 0 spiro atoms. The van der Waals surface area contributed by atoms with Gasteiger partial charge in [-0.05, 0) is 19.1 Å². The molecule has 26 heavy (non-hydrogen) atoms. The van der Waals surface area contributed by atoms with Crippen molar-refractivity contribution in [3.63, 3.8) is 0 Å². The Bertz CT molecular complexity index is 1080. The van der Waals surface area contributed by atoms with E-state index in [0.717, 1.165) is 46.8 Å². The summed E-state index contributed by atoms with van der Waals surface area (Å²) in [6, 6.07) is 10.3. The first kappa shape index (κ1) is 15.5. The minimum Gasteiger partial charge on any atom is -0.355 e. The van der Waals surface area contributed by atoms with Gasteiger partial charge in [-0.25, -0.2) is 19.9 Å². The van der Waals surface area contributed by atoms with Crippen LogP contribution in [0.4, 0.5) is 5.82 Å². The van der Waals surface area contributed by atoms with E-state index < -0.39 is 0 Å². The van der Waals surface area contributed by atoms with Crippen molar-refractivity contribution in [3.8, 4) is 10.7 Å². The predicted molar refractivity (Wildman–Crippen MR) is 104 cm³/mol. The Morgan fingerprint density at radius 2 is 1.96 bits per heavy atom. The Kier molecular flexibility index (Phi) is 3.49. The van der Waals surface area contributed by atoms with Crippen molar-refractivity contribution in [2.45, 2.75) is 12.8 Å². The lowest BCUT2D eigenvalue weighted by molar-refractivity contribution is 0.486. The van der Waals surface area contributed by atoms with Gasteiger partial charge in [-0.15, -0.1) is 11.3 Å². The largest absolute Gasteiger partial charge is 0.355 e. The van der Waals surface area contributed by atoms with Gasteiger partial charge in [-0.2, -0.15) is 0 Å². The van der Waals surface area contributed by atoms with Crippen LogP contribution >= 0.6 is 11.3 Å². The van der Waals surface area contributed by atoms with E-state index in [-0.39, 0.29) is 0 Å². The SMILES string of the molecule is Cc1nc(-c2nccs2)cc(N2CC(c3nc4ccccc4n3C)C2)n1. The first-order valence-corrected chi connectivity index (χ1v) is 9.49. The molecule has 0 aliphatic carbocycles. The summed E-state index contributed by atoms with van der Waals surface area (Å²) >= 11 is 1.60. The van der Waals surface area contributed by atoms with Gasteiger partial charge in [0.15, 0.2) is 0 Å². The molecular weight excluding hydrogens is 344 g/mol. The van der Waals surface area contributed by atoms with Crippen LogP contribution in [0, 0.1) is 6.92 Å². The summed E-state index contributed by atoms with van der Waals surface area (Å²) in [5.41, 5.74) is 3.14. The summed E-state index contributed by atoms with van der Waals surface area (Å²) in [4.78, 5) is 20.6. The molecule has 1 aromatic carbocycles. The Morgan fingerprint density at radius 3 is 2.73 bits per heavy atom. The van der Waals surface area contributed by atoms with E-state index in [9.17, 15) is 0 Å². The predicted octanol–water partition coefficient (Wildman–Crippen LogP) is 3.40. The number of nitrogens with zero attached hydrogens (tertiary/aromatic N) is 6. The van der Waals surface area contributed by atoms with Gasteiger partial charge >= 0.3 is 0 Å². The Hall–Kier alpha value is -2.80. The van der Waals surface area contributed by atoms with Crippen molar-refractivity contribution < 1.29 is 0 Å². The fourth-order valence-corrected chi connectivity index (χ4v) is 4.13. The number of imidazole rings is 1. The molecule has 4 heterocycles. The molecule has 4 aromatic rings. The van der Waals surface area contributed by atoms with Crippen molar-refractivity contribution in [1.29, 1.82) is 0 Å². The third-order valence-corrected chi connectivity index (χ3v) is 5.66. The molecule has 6 nitrogen and oxygen atoms in total. The average Bonchev–Trinajstić information content (AvgIpc) is 3.23. The Labute approximate surface area is 155 Å². The zero-order valence-corrected chi connectivity index (χ0v) is 15.4. The quantitative estimate of drug-likeness (QED) is 0.559. The van der Waals surface area contributed by atoms with E-state index in [0.29, 0.717) is 5.92 Å². The number of fused-ring (bicyclic) bond motifs is 1. The first-order valence-electron chi connectivity index (χ1n) is 8.61. The van der Waals surface area contributed by atoms with Crippen LogP contribution in [-0.4, -0.2) is 37.6 Å². The second-order valence-electron chi connectivity index (χ2n) is 6.62. The third-order valence-electron chi connectivity index (χ3n) is 4.87. The van der Waals surface area contributed by atoms with Crippen molar-refractivity contribution in [3.05, 3.63) is 53.6 Å². The summed E-state index contributed by atoms with van der Waals surface area (Å²) in [6.07, 6.45) is 1.81. The van der Waals surface area contributed by atoms with Crippen LogP contribution in [0.5, 0.6) is 0 Å². The molecular formula is C19H18N6S. The number of aromatic nitrogens is 5. The maximum Gasteiger partial charge on any atom is 0.141 e. The highest BCUT2D eigenvalue weighted by Crippen LogP contribution is 2.33. The van der Waals surface area contributed by atoms with E-state index in [1.54, 1.807) is 11.3 Å². The van der Waals surface area contributed by atoms with Gasteiger partial charge in [0.1, 0.15) is 28.2 Å². The summed E-state index contributed by atoms with van der Waals surface area (Å²) in [5, 5.41) is 2.90. The van der Waals surface area contributed by atoms with E-state index in [1.807, 2.05) is 30.6 Å². The molecule has 3 aromatic heterocycles. The van der Waals surface area contributed by atoms with Crippen LogP contribution in [0.1, 0.15) is 17.6 Å². The maximum atomic E-state index is 4.83. The molecule has 0 bridgehead atoms. The molecule has 0 saturated carbocycles. The topological polar surface area (TPSA) is 59.7 Å². The van der Waals surface area contributed by atoms with E-state index in [2.05, 4.69) is 49.7 Å². The number of thiazole rings is 1. The molecule has 0 amide bonds. The number of anilines is 1. The minimum absolute atomic E-state index is 0.422. The highest BCUT2D eigenvalue weighted by Gasteiger charge is 2.33. The molecule has 7 heteroatoms. The molecule has 1 aliphatic heterocycles. The fraction of sp³-hybridized carbons (Fsp3) is 0.263. The second kappa shape index (κ2) is 5.88. The van der Waals surface area contributed by atoms with E-state index >= 15 is 0 Å². The van der Waals surface area contributed by atoms with Gasteiger partial charge in [-0.3, -0.25) is 0 Å². The second-order valence-corrected chi connectivity index (χ2v) is 7.51. The van der Waals surface area contributed by atoms with Crippen LogP contribution in [-0.2, 0) is 7.05 Å². The molecule has 1 saturated heterocycles. The summed E-state index contributed by atoms with van der Waals surface area (Å²) in [7, 11) is 2.10. The number of hydrogen-bond acceptors (Lipinski definition) is 6. The van der Waals surface area contributed by atoms with Crippen LogP contribution < -0.4 is 4.90 Å². The van der Waals surface area contributed by atoms with E-state index in [4.69, 9.17) is 4.98 Å². The smallest absolute Gasteiger partial charge is 0.141 e. The number of benzene rings is 1. The molecule has 0 unspecified atom stereocenters. The van der Waals surface area contributed by atoms with Gasteiger partial charge in [0, 0.05) is 37.8 Å². The normalized spacial score (nSPS) is 14.8. The average molecular weight is 362 g/mol. The van der Waals surface area contributed by atoms with Crippen LogP contribution in [0.15, 0.2) is 41.9 Å². The van der Waals surface area contributed by atoms with Crippen molar-refractivity contribution in [1.82, 2.24) is 24.5 Å². The zero-order valence-electron chi connectivity index (χ0n) is 14.6. The molecule has 0 N–H and O–H groups in total. The highest BCUT2D eigenvalue weighted by atomic mass is 32.1. The number of aryl methyl sites for hydroxylation is 2. The Morgan fingerprint density at radius 1 is 1.12 bits per heavy atom. The lowest BCUT2D eigenvalue weighted by Crippen LogP contribution is -2.46. The lowest BCUT2D eigenvalue weighted by atomic mass is 9.99. The van der Waals surface area contributed by atoms with Crippen LogP contribution in [0.25, 0.3) is 21.7 Å². The number of hydrogen-bond donors (Lipinski definition) is 0. The van der Waals surface area contributed by atoms with Crippen LogP contribution in [0.3, 0.4) is 0 Å². The molecule has 0 atom stereocenters. The van der Waals surface area contributed by atoms with Gasteiger partial charge in [0.2, 0.25) is 0 Å². The van der Waals surface area contributed by atoms with Gasteiger partial charge in [0.25, 0.3) is 0 Å². The molecule has 0 radical (unpaired) electrons. The standard InChI is InChI=1S/C19H18N6S/c1-12-21-15(19-20-7-8-26-19)9-17(22-12)25-10-13(11-25)18-23-14-5-3-4-6-16(14)24(18)2/h3-9,13H,10-11H2,1-2H3. The highest BCUT2D eigenvalue weighted by molar-refractivity contribution is 7.13. The summed E-state index contributed by atoms with van der Waals surface area (Å²) in [5.74, 6) is 3.32. The molecule has 1 aliphatic rings. The van der Waals surface area contributed by atoms with E-state index in [1.165, 1.54) is 5.52 Å². The van der Waals surface area contributed by atoms with Gasteiger partial charge in [0.05, 0.1) is 17.0 Å². The van der Waals surface area contributed by atoms with Gasteiger partial charge in [-0.1, -0.05) is 12.1 Å². The monoisotopic (exact) mass is 362 g/mol. The van der Waals surface area contributed by atoms with Crippen LogP contribution in [0.2, 0.25) is 0 Å². The Balaban J connectivity index is 1.40. The van der Waals surface area contributed by atoms with Crippen molar-refractivity contribution in [2.75, 3.05) is 18.0 Å². The van der Waals surface area contributed by atoms with Crippen molar-refractivity contribution in [2.24, 2.45) is 7.05 Å². The first-order chi connectivity index (χ1) is 12.7. The maximum absolute atomic E-state index is 4.83.